The SMILES string of the molecule is Cc1nnc2n1N[C@@H](c1ccc(F)cc1)[C@@H](C(=O)Nc1cccc(C(F)(F)F)c1)S2. The van der Waals surface area contributed by atoms with Crippen LogP contribution in [0.2, 0.25) is 0 Å². The lowest BCUT2D eigenvalue weighted by atomic mass is 10.0. The van der Waals surface area contributed by atoms with Crippen molar-refractivity contribution in [2.24, 2.45) is 0 Å². The lowest BCUT2D eigenvalue weighted by molar-refractivity contribution is -0.137. The Morgan fingerprint density at radius 2 is 1.90 bits per heavy atom. The number of hydrogen-bond acceptors (Lipinski definition) is 5. The van der Waals surface area contributed by atoms with E-state index in [1.165, 1.54) is 24.3 Å². The number of thioether (sulfide) groups is 1. The van der Waals surface area contributed by atoms with Crippen molar-refractivity contribution < 1.29 is 22.4 Å². The molecule has 0 radical (unpaired) electrons. The number of alkyl halides is 3. The molecule has 0 bridgehead atoms. The molecule has 1 aromatic heterocycles. The molecule has 30 heavy (non-hydrogen) atoms. The molecule has 2 aromatic carbocycles. The first-order chi connectivity index (χ1) is 14.2. The van der Waals surface area contributed by atoms with Crippen LogP contribution in [0.4, 0.5) is 23.2 Å². The lowest BCUT2D eigenvalue weighted by Gasteiger charge is -2.32. The molecule has 0 fully saturated rings. The minimum Gasteiger partial charge on any atom is -0.325 e. The zero-order valence-corrected chi connectivity index (χ0v) is 16.3. The van der Waals surface area contributed by atoms with Gasteiger partial charge in [0.2, 0.25) is 11.1 Å². The standard InChI is InChI=1S/C19H15F4N5OS/c1-10-25-26-18-28(10)27-15(11-5-7-13(20)8-6-11)16(30-18)17(29)24-14-4-2-3-12(9-14)19(21,22)23/h2-9,15-16,27H,1H3,(H,24,29)/t15-,16-/m0/s1. The number of nitrogens with one attached hydrogen (secondary N) is 2. The van der Waals surface area contributed by atoms with Gasteiger partial charge in [0.15, 0.2) is 0 Å². The second-order valence-corrected chi connectivity index (χ2v) is 7.74. The highest BCUT2D eigenvalue weighted by Gasteiger charge is 2.38. The van der Waals surface area contributed by atoms with E-state index in [0.29, 0.717) is 16.5 Å². The predicted octanol–water partition coefficient (Wildman–Crippen LogP) is 4.14. The fraction of sp³-hybridized carbons (Fsp3) is 0.211. The highest BCUT2D eigenvalue weighted by molar-refractivity contribution is 8.00. The van der Waals surface area contributed by atoms with Crippen LogP contribution in [0.3, 0.4) is 0 Å². The number of hydrogen-bond donors (Lipinski definition) is 2. The Labute approximate surface area is 172 Å². The summed E-state index contributed by atoms with van der Waals surface area (Å²) < 4.78 is 53.9. The third-order valence-corrected chi connectivity index (χ3v) is 5.76. The summed E-state index contributed by atoms with van der Waals surface area (Å²) in [6, 6.07) is 9.46. The van der Waals surface area contributed by atoms with Gasteiger partial charge in [0, 0.05) is 5.69 Å². The first-order valence-corrected chi connectivity index (χ1v) is 9.69. The monoisotopic (exact) mass is 437 g/mol. The van der Waals surface area contributed by atoms with E-state index in [9.17, 15) is 22.4 Å². The Bertz CT molecular complexity index is 1080. The largest absolute Gasteiger partial charge is 0.416 e. The third-order valence-electron chi connectivity index (χ3n) is 4.54. The maximum absolute atomic E-state index is 13.4. The second-order valence-electron chi connectivity index (χ2n) is 6.63. The van der Waals surface area contributed by atoms with Crippen LogP contribution < -0.4 is 10.7 Å². The van der Waals surface area contributed by atoms with Gasteiger partial charge in [-0.2, -0.15) is 13.2 Å². The quantitative estimate of drug-likeness (QED) is 0.603. The molecule has 11 heteroatoms. The molecule has 1 aliphatic rings. The van der Waals surface area contributed by atoms with Gasteiger partial charge in [-0.15, -0.1) is 10.2 Å². The van der Waals surface area contributed by atoms with Crippen LogP contribution in [0.1, 0.15) is 23.0 Å². The van der Waals surface area contributed by atoms with Crippen molar-refractivity contribution in [1.29, 1.82) is 0 Å². The molecule has 0 saturated heterocycles. The number of rotatable bonds is 3. The van der Waals surface area contributed by atoms with Gasteiger partial charge < -0.3 is 10.7 Å². The van der Waals surface area contributed by atoms with Crippen LogP contribution in [0.25, 0.3) is 0 Å². The molecule has 0 unspecified atom stereocenters. The van der Waals surface area contributed by atoms with E-state index in [0.717, 1.165) is 23.9 Å². The number of halogens is 4. The number of aryl methyl sites for hydroxylation is 1. The molecule has 1 amide bonds. The van der Waals surface area contributed by atoms with Crippen molar-refractivity contribution in [2.75, 3.05) is 10.7 Å². The van der Waals surface area contributed by atoms with Gasteiger partial charge in [0.1, 0.15) is 16.9 Å². The summed E-state index contributed by atoms with van der Waals surface area (Å²) in [5.41, 5.74) is 2.94. The molecule has 3 aromatic rings. The van der Waals surface area contributed by atoms with Crippen LogP contribution in [-0.4, -0.2) is 26.0 Å². The Balaban J connectivity index is 1.64. The van der Waals surface area contributed by atoms with Gasteiger partial charge in [0.05, 0.1) is 11.6 Å². The number of carbonyl (C=O) groups excluding carboxylic acids is 1. The molecule has 6 nitrogen and oxygen atoms in total. The van der Waals surface area contributed by atoms with Crippen LogP contribution in [-0.2, 0) is 11.0 Å². The molecule has 156 valence electrons. The summed E-state index contributed by atoms with van der Waals surface area (Å²) in [4.78, 5) is 13.0. The zero-order chi connectivity index (χ0) is 21.5. The van der Waals surface area contributed by atoms with E-state index in [1.807, 2.05) is 0 Å². The Morgan fingerprint density at radius 3 is 2.60 bits per heavy atom. The van der Waals surface area contributed by atoms with E-state index in [2.05, 4.69) is 20.9 Å². The topological polar surface area (TPSA) is 71.8 Å². The number of anilines is 1. The lowest BCUT2D eigenvalue weighted by Crippen LogP contribution is -2.41. The van der Waals surface area contributed by atoms with Crippen LogP contribution in [0.15, 0.2) is 53.7 Å². The van der Waals surface area contributed by atoms with Crippen LogP contribution >= 0.6 is 11.8 Å². The fourth-order valence-electron chi connectivity index (χ4n) is 3.07. The zero-order valence-electron chi connectivity index (χ0n) is 15.4. The number of benzene rings is 2. The van der Waals surface area contributed by atoms with Crippen LogP contribution in [0, 0.1) is 12.7 Å². The molecule has 0 aliphatic carbocycles. The highest BCUT2D eigenvalue weighted by Crippen LogP contribution is 2.38. The number of carbonyl (C=O) groups is 1. The van der Waals surface area contributed by atoms with Crippen molar-refractivity contribution in [3.05, 3.63) is 71.3 Å². The molecular weight excluding hydrogens is 422 g/mol. The molecule has 1 aliphatic heterocycles. The molecule has 2 atom stereocenters. The number of fused-ring (bicyclic) bond motifs is 1. The average Bonchev–Trinajstić information content (AvgIpc) is 3.07. The minimum absolute atomic E-state index is 0.0245. The van der Waals surface area contributed by atoms with Gasteiger partial charge in [-0.25, -0.2) is 9.07 Å². The van der Waals surface area contributed by atoms with Gasteiger partial charge in [-0.3, -0.25) is 4.79 Å². The Hall–Kier alpha value is -3.08. The Morgan fingerprint density at radius 1 is 1.17 bits per heavy atom. The average molecular weight is 437 g/mol. The van der Waals surface area contributed by atoms with Gasteiger partial charge in [-0.05, 0) is 42.8 Å². The summed E-state index contributed by atoms with van der Waals surface area (Å²) in [5, 5.41) is 10.2. The van der Waals surface area contributed by atoms with E-state index >= 15 is 0 Å². The molecular formula is C19H15F4N5OS. The number of nitrogens with zero attached hydrogens (tertiary/aromatic N) is 3. The van der Waals surface area contributed by atoms with E-state index in [-0.39, 0.29) is 5.69 Å². The smallest absolute Gasteiger partial charge is 0.325 e. The molecule has 2 N–H and O–H groups in total. The fourth-order valence-corrected chi connectivity index (χ4v) is 4.19. The van der Waals surface area contributed by atoms with Crippen molar-refractivity contribution >= 4 is 23.4 Å². The van der Waals surface area contributed by atoms with Crippen molar-refractivity contribution in [2.45, 2.75) is 29.5 Å². The maximum atomic E-state index is 13.4. The summed E-state index contributed by atoms with van der Waals surface area (Å²) in [6.45, 7) is 1.73. The molecule has 2 heterocycles. The third kappa shape index (κ3) is 3.97. The van der Waals surface area contributed by atoms with Crippen molar-refractivity contribution in [3.63, 3.8) is 0 Å². The molecule has 0 spiro atoms. The van der Waals surface area contributed by atoms with Crippen molar-refractivity contribution in [3.8, 4) is 0 Å². The summed E-state index contributed by atoms with van der Waals surface area (Å²) in [6.07, 6.45) is -4.52. The van der Waals surface area contributed by atoms with Gasteiger partial charge >= 0.3 is 6.18 Å². The Kier molecular flexibility index (Phi) is 5.14. The first-order valence-electron chi connectivity index (χ1n) is 8.81. The van der Waals surface area contributed by atoms with E-state index < -0.39 is 34.8 Å². The number of amides is 1. The first kappa shape index (κ1) is 20.2. The molecule has 0 saturated carbocycles. The number of aromatic nitrogens is 3. The minimum atomic E-state index is -4.52. The maximum Gasteiger partial charge on any atom is 0.416 e. The summed E-state index contributed by atoms with van der Waals surface area (Å²) in [5.74, 6) is -0.372. The normalized spacial score (nSPS) is 18.4. The second kappa shape index (κ2) is 7.63. The molecule has 4 rings (SSSR count). The van der Waals surface area contributed by atoms with Gasteiger partial charge in [-0.1, -0.05) is 30.0 Å². The summed E-state index contributed by atoms with van der Waals surface area (Å²) in [7, 11) is 0. The van der Waals surface area contributed by atoms with E-state index in [4.69, 9.17) is 0 Å². The summed E-state index contributed by atoms with van der Waals surface area (Å²) >= 11 is 1.12. The predicted molar refractivity (Wildman–Crippen MR) is 103 cm³/mol. The van der Waals surface area contributed by atoms with Crippen molar-refractivity contribution in [1.82, 2.24) is 14.9 Å². The van der Waals surface area contributed by atoms with Crippen LogP contribution in [0.5, 0.6) is 0 Å². The van der Waals surface area contributed by atoms with Gasteiger partial charge in [0.25, 0.3) is 0 Å². The highest BCUT2D eigenvalue weighted by atomic mass is 32.2. The van der Waals surface area contributed by atoms with E-state index in [1.54, 1.807) is 23.7 Å².